The maximum atomic E-state index is 12.2. The average molecular weight is 276 g/mol. The second-order valence-electron chi connectivity index (χ2n) is 5.20. The number of hydrogen-bond donors (Lipinski definition) is 0. The van der Waals surface area contributed by atoms with E-state index in [0.29, 0.717) is 6.42 Å². The Bertz CT molecular complexity index is 400. The van der Waals surface area contributed by atoms with E-state index in [9.17, 15) is 4.79 Å². The Kier molecular flexibility index (Phi) is 6.02. The van der Waals surface area contributed by atoms with Crippen molar-refractivity contribution in [1.29, 1.82) is 0 Å². The first-order valence-corrected chi connectivity index (χ1v) is 7.32. The first kappa shape index (κ1) is 15.0. The molecule has 2 rings (SSSR count). The summed E-state index contributed by atoms with van der Waals surface area (Å²) in [7, 11) is 1.73. The maximum absolute atomic E-state index is 12.2. The van der Waals surface area contributed by atoms with Crippen LogP contribution in [0.2, 0.25) is 0 Å². The zero-order valence-electron chi connectivity index (χ0n) is 12.3. The molecule has 0 unspecified atom stereocenters. The van der Waals surface area contributed by atoms with Gasteiger partial charge in [-0.2, -0.15) is 0 Å². The topological polar surface area (TPSA) is 32.8 Å². The minimum Gasteiger partial charge on any atom is -0.383 e. The predicted molar refractivity (Wildman–Crippen MR) is 79.7 cm³/mol. The molecule has 1 aliphatic rings. The molecule has 1 aromatic carbocycles. The molecular formula is C16H24N2O2. The summed E-state index contributed by atoms with van der Waals surface area (Å²) in [5.74, 6) is 0.278. The Morgan fingerprint density at radius 1 is 1.15 bits per heavy atom. The number of nitrogens with zero attached hydrogens (tertiary/aromatic N) is 2. The second kappa shape index (κ2) is 8.02. The van der Waals surface area contributed by atoms with E-state index in [-0.39, 0.29) is 5.91 Å². The number of rotatable bonds is 6. The first-order valence-electron chi connectivity index (χ1n) is 7.32. The lowest BCUT2D eigenvalue weighted by atomic mass is 10.1. The Morgan fingerprint density at radius 3 is 2.50 bits per heavy atom. The molecule has 0 aromatic heterocycles. The lowest BCUT2D eigenvalue weighted by Gasteiger charge is -2.34. The summed E-state index contributed by atoms with van der Waals surface area (Å²) in [6.45, 7) is 5.33. The van der Waals surface area contributed by atoms with Crippen molar-refractivity contribution >= 4 is 5.91 Å². The number of methoxy groups -OCH3 is 1. The number of piperazine rings is 1. The third-order valence-corrected chi connectivity index (χ3v) is 3.81. The fourth-order valence-corrected chi connectivity index (χ4v) is 2.50. The molecule has 20 heavy (non-hydrogen) atoms. The van der Waals surface area contributed by atoms with Gasteiger partial charge in [0.15, 0.2) is 0 Å². The summed E-state index contributed by atoms with van der Waals surface area (Å²) in [5, 5.41) is 0. The number of benzene rings is 1. The molecule has 1 aliphatic heterocycles. The number of ether oxygens (including phenoxy) is 1. The van der Waals surface area contributed by atoms with Gasteiger partial charge in [0, 0.05) is 46.3 Å². The highest BCUT2D eigenvalue weighted by Crippen LogP contribution is 2.07. The molecule has 110 valence electrons. The quantitative estimate of drug-likeness (QED) is 0.787. The lowest BCUT2D eigenvalue weighted by molar-refractivity contribution is -0.132. The Labute approximate surface area is 121 Å². The molecule has 1 amide bonds. The van der Waals surface area contributed by atoms with Gasteiger partial charge in [0.25, 0.3) is 0 Å². The summed E-state index contributed by atoms with van der Waals surface area (Å²) < 4.78 is 5.08. The fraction of sp³-hybridized carbons (Fsp3) is 0.562. The van der Waals surface area contributed by atoms with Crippen molar-refractivity contribution < 1.29 is 9.53 Å². The van der Waals surface area contributed by atoms with E-state index in [1.54, 1.807) is 7.11 Å². The summed E-state index contributed by atoms with van der Waals surface area (Å²) in [4.78, 5) is 16.5. The number of carbonyl (C=O) groups is 1. The van der Waals surface area contributed by atoms with Crippen LogP contribution in [0, 0.1) is 0 Å². The monoisotopic (exact) mass is 276 g/mol. The molecule has 0 bridgehead atoms. The molecule has 0 saturated carbocycles. The summed E-state index contributed by atoms with van der Waals surface area (Å²) in [5.41, 5.74) is 1.24. The van der Waals surface area contributed by atoms with Gasteiger partial charge in [-0.1, -0.05) is 30.3 Å². The van der Waals surface area contributed by atoms with Crippen LogP contribution in [0.3, 0.4) is 0 Å². The highest BCUT2D eigenvalue weighted by atomic mass is 16.5. The van der Waals surface area contributed by atoms with Gasteiger partial charge in [0.05, 0.1) is 6.61 Å². The van der Waals surface area contributed by atoms with Crippen molar-refractivity contribution in [3.8, 4) is 0 Å². The summed E-state index contributed by atoms with van der Waals surface area (Å²) in [6.07, 6.45) is 1.45. The Morgan fingerprint density at radius 2 is 1.85 bits per heavy atom. The molecule has 4 heteroatoms. The number of hydrogen-bond acceptors (Lipinski definition) is 3. The van der Waals surface area contributed by atoms with Crippen molar-refractivity contribution in [3.63, 3.8) is 0 Å². The standard InChI is InChI=1S/C16H24N2O2/c1-20-14-13-17-9-11-18(12-10-17)16(19)8-7-15-5-3-2-4-6-15/h2-6H,7-14H2,1H3. The molecule has 1 heterocycles. The smallest absolute Gasteiger partial charge is 0.222 e. The number of carbonyl (C=O) groups excluding carboxylic acids is 1. The third-order valence-electron chi connectivity index (χ3n) is 3.81. The van der Waals surface area contributed by atoms with Gasteiger partial charge in [-0.05, 0) is 12.0 Å². The number of aryl methyl sites for hydroxylation is 1. The predicted octanol–water partition coefficient (Wildman–Crippen LogP) is 1.41. The molecule has 1 fully saturated rings. The van der Waals surface area contributed by atoms with E-state index in [1.807, 2.05) is 23.1 Å². The summed E-state index contributed by atoms with van der Waals surface area (Å²) >= 11 is 0. The fourth-order valence-electron chi connectivity index (χ4n) is 2.50. The van der Waals surface area contributed by atoms with Crippen molar-refractivity contribution in [1.82, 2.24) is 9.80 Å². The van der Waals surface area contributed by atoms with E-state index in [0.717, 1.165) is 45.8 Å². The van der Waals surface area contributed by atoms with Crippen molar-refractivity contribution in [2.45, 2.75) is 12.8 Å². The maximum Gasteiger partial charge on any atom is 0.222 e. The van der Waals surface area contributed by atoms with Gasteiger partial charge >= 0.3 is 0 Å². The molecule has 0 radical (unpaired) electrons. The molecule has 0 atom stereocenters. The van der Waals surface area contributed by atoms with Crippen LogP contribution in [0.25, 0.3) is 0 Å². The third kappa shape index (κ3) is 4.62. The minimum atomic E-state index is 0.278. The van der Waals surface area contributed by atoms with Crippen LogP contribution in [0.1, 0.15) is 12.0 Å². The summed E-state index contributed by atoms with van der Waals surface area (Å²) in [6, 6.07) is 10.2. The van der Waals surface area contributed by atoms with Crippen LogP contribution in [0.5, 0.6) is 0 Å². The Balaban J connectivity index is 1.69. The molecule has 1 saturated heterocycles. The van der Waals surface area contributed by atoms with Gasteiger partial charge in [0.1, 0.15) is 0 Å². The van der Waals surface area contributed by atoms with Crippen LogP contribution in [-0.2, 0) is 16.0 Å². The van der Waals surface area contributed by atoms with Crippen molar-refractivity contribution in [2.24, 2.45) is 0 Å². The van der Waals surface area contributed by atoms with Crippen LogP contribution >= 0.6 is 0 Å². The van der Waals surface area contributed by atoms with Gasteiger partial charge < -0.3 is 9.64 Å². The van der Waals surface area contributed by atoms with Gasteiger partial charge in [-0.3, -0.25) is 9.69 Å². The highest BCUT2D eigenvalue weighted by Gasteiger charge is 2.20. The zero-order chi connectivity index (χ0) is 14.2. The molecular weight excluding hydrogens is 252 g/mol. The first-order chi connectivity index (χ1) is 9.79. The minimum absolute atomic E-state index is 0.278. The van der Waals surface area contributed by atoms with E-state index in [1.165, 1.54) is 5.56 Å². The second-order valence-corrected chi connectivity index (χ2v) is 5.20. The molecule has 4 nitrogen and oxygen atoms in total. The van der Waals surface area contributed by atoms with Crippen LogP contribution in [-0.4, -0.2) is 62.1 Å². The average Bonchev–Trinajstić information content (AvgIpc) is 2.52. The van der Waals surface area contributed by atoms with Crippen LogP contribution < -0.4 is 0 Å². The molecule has 1 aromatic rings. The molecule has 0 aliphatic carbocycles. The van der Waals surface area contributed by atoms with E-state index >= 15 is 0 Å². The van der Waals surface area contributed by atoms with Crippen LogP contribution in [0.15, 0.2) is 30.3 Å². The number of amides is 1. The van der Waals surface area contributed by atoms with E-state index in [4.69, 9.17) is 4.74 Å². The van der Waals surface area contributed by atoms with Crippen molar-refractivity contribution in [2.75, 3.05) is 46.4 Å². The lowest BCUT2D eigenvalue weighted by Crippen LogP contribution is -2.49. The van der Waals surface area contributed by atoms with Crippen molar-refractivity contribution in [3.05, 3.63) is 35.9 Å². The highest BCUT2D eigenvalue weighted by molar-refractivity contribution is 5.76. The normalized spacial score (nSPS) is 16.4. The SMILES string of the molecule is COCCN1CCN(C(=O)CCc2ccccc2)CC1. The Hall–Kier alpha value is -1.39. The van der Waals surface area contributed by atoms with E-state index in [2.05, 4.69) is 17.0 Å². The van der Waals surface area contributed by atoms with E-state index < -0.39 is 0 Å². The van der Waals surface area contributed by atoms with Gasteiger partial charge in [-0.25, -0.2) is 0 Å². The molecule has 0 N–H and O–H groups in total. The van der Waals surface area contributed by atoms with Gasteiger partial charge in [-0.15, -0.1) is 0 Å². The molecule has 0 spiro atoms. The zero-order valence-corrected chi connectivity index (χ0v) is 12.3. The largest absolute Gasteiger partial charge is 0.383 e. The van der Waals surface area contributed by atoms with Gasteiger partial charge in [0.2, 0.25) is 5.91 Å². The van der Waals surface area contributed by atoms with Crippen LogP contribution in [0.4, 0.5) is 0 Å².